The maximum Gasteiger partial charge on any atom is 0.128 e. The molecule has 0 spiro atoms. The Hall–Kier alpha value is -1.29. The predicted molar refractivity (Wildman–Crippen MR) is 66.0 cm³/mol. The summed E-state index contributed by atoms with van der Waals surface area (Å²) in [4.78, 5) is 6.35. The van der Waals surface area contributed by atoms with Gasteiger partial charge in [-0.3, -0.25) is 0 Å². The number of rotatable bonds is 4. The van der Waals surface area contributed by atoms with E-state index in [9.17, 15) is 0 Å². The van der Waals surface area contributed by atoms with Crippen LogP contribution in [-0.4, -0.2) is 38.8 Å². The molecule has 1 N–H and O–H groups in total. The molecule has 1 fully saturated rings. The summed E-state index contributed by atoms with van der Waals surface area (Å²) >= 11 is 0. The van der Waals surface area contributed by atoms with E-state index in [4.69, 9.17) is 4.74 Å². The SMILES string of the molecule is CN(C)c1ccc(NCC2(C)COC2)cn1. The van der Waals surface area contributed by atoms with Crippen molar-refractivity contribution in [3.05, 3.63) is 18.3 Å². The number of aromatic nitrogens is 1. The zero-order valence-corrected chi connectivity index (χ0v) is 10.2. The van der Waals surface area contributed by atoms with E-state index in [-0.39, 0.29) is 0 Å². The lowest BCUT2D eigenvalue weighted by Crippen LogP contribution is -2.45. The van der Waals surface area contributed by atoms with Gasteiger partial charge in [0, 0.05) is 26.1 Å². The van der Waals surface area contributed by atoms with Gasteiger partial charge in [0.1, 0.15) is 5.82 Å². The topological polar surface area (TPSA) is 37.4 Å². The summed E-state index contributed by atoms with van der Waals surface area (Å²) in [6, 6.07) is 4.08. The van der Waals surface area contributed by atoms with Gasteiger partial charge in [0.2, 0.25) is 0 Å². The molecule has 1 aromatic heterocycles. The lowest BCUT2D eigenvalue weighted by Gasteiger charge is -2.38. The molecule has 0 aromatic carbocycles. The molecule has 1 aliphatic heterocycles. The molecule has 2 heterocycles. The molecule has 0 amide bonds. The third-order valence-corrected chi connectivity index (χ3v) is 2.83. The summed E-state index contributed by atoms with van der Waals surface area (Å²) in [7, 11) is 3.98. The second-order valence-corrected chi connectivity index (χ2v) is 4.96. The van der Waals surface area contributed by atoms with Gasteiger partial charge in [-0.25, -0.2) is 4.98 Å². The molecule has 1 aromatic rings. The summed E-state index contributed by atoms with van der Waals surface area (Å²) < 4.78 is 5.21. The highest BCUT2D eigenvalue weighted by Crippen LogP contribution is 2.26. The van der Waals surface area contributed by atoms with E-state index in [0.29, 0.717) is 5.41 Å². The van der Waals surface area contributed by atoms with Crippen LogP contribution in [-0.2, 0) is 4.74 Å². The van der Waals surface area contributed by atoms with Crippen LogP contribution in [0.15, 0.2) is 18.3 Å². The lowest BCUT2D eigenvalue weighted by molar-refractivity contribution is -0.0924. The van der Waals surface area contributed by atoms with Gasteiger partial charge < -0.3 is 15.0 Å². The van der Waals surface area contributed by atoms with Crippen LogP contribution in [0, 0.1) is 5.41 Å². The van der Waals surface area contributed by atoms with E-state index < -0.39 is 0 Å². The molecule has 1 saturated heterocycles. The van der Waals surface area contributed by atoms with Crippen LogP contribution < -0.4 is 10.2 Å². The van der Waals surface area contributed by atoms with Gasteiger partial charge in [-0.15, -0.1) is 0 Å². The molecular weight excluding hydrogens is 202 g/mol. The molecular formula is C12H19N3O. The van der Waals surface area contributed by atoms with E-state index in [0.717, 1.165) is 31.3 Å². The summed E-state index contributed by atoms with van der Waals surface area (Å²) in [5.41, 5.74) is 1.36. The number of hydrogen-bond donors (Lipinski definition) is 1. The van der Waals surface area contributed by atoms with Crippen molar-refractivity contribution < 1.29 is 4.74 Å². The largest absolute Gasteiger partial charge is 0.383 e. The smallest absolute Gasteiger partial charge is 0.128 e. The normalized spacial score (nSPS) is 17.7. The lowest BCUT2D eigenvalue weighted by atomic mass is 9.89. The first-order valence-corrected chi connectivity index (χ1v) is 5.54. The van der Waals surface area contributed by atoms with Crippen molar-refractivity contribution in [3.8, 4) is 0 Å². The van der Waals surface area contributed by atoms with E-state index >= 15 is 0 Å². The molecule has 0 radical (unpaired) electrons. The summed E-state index contributed by atoms with van der Waals surface area (Å²) in [6.45, 7) is 4.87. The van der Waals surface area contributed by atoms with Crippen LogP contribution in [0.3, 0.4) is 0 Å². The minimum absolute atomic E-state index is 0.292. The average molecular weight is 221 g/mol. The molecule has 16 heavy (non-hydrogen) atoms. The van der Waals surface area contributed by atoms with E-state index in [1.54, 1.807) is 0 Å². The van der Waals surface area contributed by atoms with Crippen molar-refractivity contribution in [3.63, 3.8) is 0 Å². The summed E-state index contributed by atoms with van der Waals surface area (Å²) in [5.74, 6) is 0.976. The Morgan fingerprint density at radius 3 is 2.62 bits per heavy atom. The van der Waals surface area contributed by atoms with E-state index in [2.05, 4.69) is 23.3 Å². The monoisotopic (exact) mass is 221 g/mol. The van der Waals surface area contributed by atoms with Crippen LogP contribution in [0.1, 0.15) is 6.92 Å². The van der Waals surface area contributed by atoms with Gasteiger partial charge in [-0.1, -0.05) is 6.92 Å². The first-order valence-electron chi connectivity index (χ1n) is 5.54. The molecule has 0 saturated carbocycles. The molecule has 0 aliphatic carbocycles. The molecule has 88 valence electrons. The van der Waals surface area contributed by atoms with Gasteiger partial charge in [0.15, 0.2) is 0 Å². The van der Waals surface area contributed by atoms with Crippen molar-refractivity contribution in [2.24, 2.45) is 5.41 Å². The Bertz CT molecular complexity index is 344. The molecule has 2 rings (SSSR count). The first kappa shape index (κ1) is 11.2. The highest BCUT2D eigenvalue weighted by molar-refractivity contribution is 5.48. The number of nitrogens with zero attached hydrogens (tertiary/aromatic N) is 2. The molecule has 0 bridgehead atoms. The Morgan fingerprint density at radius 2 is 2.19 bits per heavy atom. The Kier molecular flexibility index (Phi) is 3.01. The van der Waals surface area contributed by atoms with Crippen molar-refractivity contribution in [1.82, 2.24) is 4.98 Å². The number of ether oxygens (including phenoxy) is 1. The number of pyridine rings is 1. The summed E-state index contributed by atoms with van der Waals surface area (Å²) in [5, 5.41) is 3.39. The molecule has 4 nitrogen and oxygen atoms in total. The quantitative estimate of drug-likeness (QED) is 0.838. The van der Waals surface area contributed by atoms with Gasteiger partial charge in [0.25, 0.3) is 0 Å². The van der Waals surface area contributed by atoms with Gasteiger partial charge in [-0.05, 0) is 12.1 Å². The molecule has 0 atom stereocenters. The van der Waals surface area contributed by atoms with Crippen LogP contribution in [0.25, 0.3) is 0 Å². The Morgan fingerprint density at radius 1 is 1.44 bits per heavy atom. The van der Waals surface area contributed by atoms with Crippen LogP contribution in [0.2, 0.25) is 0 Å². The third-order valence-electron chi connectivity index (χ3n) is 2.83. The van der Waals surface area contributed by atoms with Crippen LogP contribution in [0.4, 0.5) is 11.5 Å². The van der Waals surface area contributed by atoms with Crippen LogP contribution in [0.5, 0.6) is 0 Å². The predicted octanol–water partition coefficient (Wildman–Crippen LogP) is 1.60. The van der Waals surface area contributed by atoms with Crippen molar-refractivity contribution in [2.45, 2.75) is 6.92 Å². The van der Waals surface area contributed by atoms with Crippen molar-refractivity contribution >= 4 is 11.5 Å². The maximum absolute atomic E-state index is 5.21. The average Bonchev–Trinajstić information content (AvgIpc) is 2.24. The maximum atomic E-state index is 5.21. The number of hydrogen-bond acceptors (Lipinski definition) is 4. The third kappa shape index (κ3) is 2.44. The van der Waals surface area contributed by atoms with Crippen molar-refractivity contribution in [1.29, 1.82) is 0 Å². The fourth-order valence-corrected chi connectivity index (χ4v) is 1.62. The standard InChI is InChI=1S/C12H19N3O/c1-12(8-16-9-12)7-14-10-4-5-11(13-6-10)15(2)3/h4-6,14H,7-9H2,1-3H3. The highest BCUT2D eigenvalue weighted by Gasteiger charge is 2.32. The van der Waals surface area contributed by atoms with Gasteiger partial charge in [0.05, 0.1) is 25.1 Å². The summed E-state index contributed by atoms with van der Waals surface area (Å²) in [6.07, 6.45) is 1.87. The molecule has 1 aliphatic rings. The second-order valence-electron chi connectivity index (χ2n) is 4.96. The minimum Gasteiger partial charge on any atom is -0.383 e. The number of nitrogens with one attached hydrogen (secondary N) is 1. The van der Waals surface area contributed by atoms with Crippen molar-refractivity contribution in [2.75, 3.05) is 44.1 Å². The fraction of sp³-hybridized carbons (Fsp3) is 0.583. The van der Waals surface area contributed by atoms with E-state index in [1.165, 1.54) is 0 Å². The Balaban J connectivity index is 1.90. The first-order chi connectivity index (χ1) is 7.59. The highest BCUT2D eigenvalue weighted by atomic mass is 16.5. The van der Waals surface area contributed by atoms with Gasteiger partial charge >= 0.3 is 0 Å². The Labute approximate surface area is 96.6 Å². The van der Waals surface area contributed by atoms with Gasteiger partial charge in [-0.2, -0.15) is 0 Å². The zero-order chi connectivity index (χ0) is 11.6. The molecule has 4 heteroatoms. The number of anilines is 2. The fourth-order valence-electron chi connectivity index (χ4n) is 1.62. The van der Waals surface area contributed by atoms with E-state index in [1.807, 2.05) is 31.3 Å². The van der Waals surface area contributed by atoms with Crippen LogP contribution >= 0.6 is 0 Å². The zero-order valence-electron chi connectivity index (χ0n) is 10.2. The second kappa shape index (κ2) is 4.29. The minimum atomic E-state index is 0.292. The molecule has 0 unspecified atom stereocenters.